The summed E-state index contributed by atoms with van der Waals surface area (Å²) < 4.78 is 5.43. The molecule has 0 saturated heterocycles. The molecule has 2 rings (SSSR count). The molecule has 0 aliphatic rings. The normalized spacial score (nSPS) is 11.4. The van der Waals surface area contributed by atoms with E-state index in [4.69, 9.17) is 4.74 Å². The molecule has 0 saturated carbocycles. The first kappa shape index (κ1) is 14.3. The van der Waals surface area contributed by atoms with Crippen LogP contribution in [0.4, 0.5) is 0 Å². The van der Waals surface area contributed by atoms with Crippen molar-refractivity contribution in [2.24, 2.45) is 0 Å². The second-order valence-electron chi connectivity index (χ2n) is 4.50. The summed E-state index contributed by atoms with van der Waals surface area (Å²) in [6.45, 7) is 0.731. The van der Waals surface area contributed by atoms with Crippen LogP contribution in [0.2, 0.25) is 0 Å². The molecule has 0 aromatic heterocycles. The summed E-state index contributed by atoms with van der Waals surface area (Å²) in [5.41, 5.74) is 2.24. The van der Waals surface area contributed by atoms with Crippen LogP contribution in [0.3, 0.4) is 0 Å². The number of aliphatic hydroxyl groups excluding tert-OH is 1. The number of hydrogen-bond acceptors (Lipinski definition) is 2. The summed E-state index contributed by atoms with van der Waals surface area (Å²) in [4.78, 5) is 0. The average molecular weight is 266 g/mol. The van der Waals surface area contributed by atoms with E-state index in [1.54, 1.807) is 0 Å². The highest BCUT2D eigenvalue weighted by Gasteiger charge is 1.99. The number of rotatable bonds is 5. The second kappa shape index (κ2) is 8.16. The maximum absolute atomic E-state index is 9.71. The smallest absolute Gasteiger partial charge is 0.137 e. The van der Waals surface area contributed by atoms with Gasteiger partial charge in [-0.05, 0) is 11.1 Å². The third kappa shape index (κ3) is 5.27. The Hall–Kier alpha value is -2.08. The molecule has 0 aliphatic heterocycles. The molecule has 1 atom stereocenters. The predicted molar refractivity (Wildman–Crippen MR) is 80.0 cm³/mol. The molecule has 0 amide bonds. The maximum Gasteiger partial charge on any atom is 0.137 e. The number of benzene rings is 2. The zero-order valence-electron chi connectivity index (χ0n) is 11.3. The van der Waals surface area contributed by atoms with Gasteiger partial charge in [-0.3, -0.25) is 0 Å². The van der Waals surface area contributed by atoms with Gasteiger partial charge < -0.3 is 9.84 Å². The summed E-state index contributed by atoms with van der Waals surface area (Å²) in [5, 5.41) is 9.71. The third-order valence-electron chi connectivity index (χ3n) is 2.79. The standard InChI is InChI=1S/C18H18O2/c19-18(13-7-12-16-8-3-1-4-9-16)15-20-14-17-10-5-2-6-11-17/h1-6,8-11,18-19H,12,14-15H2/t18-/m0/s1. The lowest BCUT2D eigenvalue weighted by atomic mass is 10.1. The molecule has 0 aliphatic carbocycles. The molecule has 102 valence electrons. The Morgan fingerprint density at radius 3 is 2.15 bits per heavy atom. The molecule has 2 aromatic carbocycles. The molecule has 2 nitrogen and oxygen atoms in total. The van der Waals surface area contributed by atoms with Crippen molar-refractivity contribution in [1.29, 1.82) is 0 Å². The van der Waals surface area contributed by atoms with Gasteiger partial charge in [0.25, 0.3) is 0 Å². The summed E-state index contributed by atoms with van der Waals surface area (Å²) >= 11 is 0. The van der Waals surface area contributed by atoms with Crippen molar-refractivity contribution in [2.75, 3.05) is 6.61 Å². The van der Waals surface area contributed by atoms with Gasteiger partial charge in [0.15, 0.2) is 0 Å². The SMILES string of the molecule is O[C@@H](C#CCc1ccccc1)COCc1ccccc1. The summed E-state index contributed by atoms with van der Waals surface area (Å²) in [7, 11) is 0. The lowest BCUT2D eigenvalue weighted by molar-refractivity contribution is 0.0543. The van der Waals surface area contributed by atoms with Crippen molar-refractivity contribution < 1.29 is 9.84 Å². The van der Waals surface area contributed by atoms with Gasteiger partial charge in [0, 0.05) is 6.42 Å². The van der Waals surface area contributed by atoms with Crippen molar-refractivity contribution in [3.63, 3.8) is 0 Å². The van der Waals surface area contributed by atoms with E-state index < -0.39 is 6.10 Å². The first-order valence-electron chi connectivity index (χ1n) is 6.66. The minimum Gasteiger partial charge on any atom is -0.378 e. The summed E-state index contributed by atoms with van der Waals surface area (Å²) in [6.07, 6.45) is -0.0845. The Kier molecular flexibility index (Phi) is 5.85. The van der Waals surface area contributed by atoms with Crippen LogP contribution in [0.5, 0.6) is 0 Å². The minimum atomic E-state index is -0.734. The molecule has 2 aromatic rings. The number of ether oxygens (including phenoxy) is 1. The molecule has 1 N–H and O–H groups in total. The van der Waals surface area contributed by atoms with Crippen molar-refractivity contribution in [2.45, 2.75) is 19.1 Å². The van der Waals surface area contributed by atoms with E-state index in [-0.39, 0.29) is 6.61 Å². The van der Waals surface area contributed by atoms with Crippen molar-refractivity contribution >= 4 is 0 Å². The minimum absolute atomic E-state index is 0.233. The summed E-state index contributed by atoms with van der Waals surface area (Å²) in [5.74, 6) is 5.77. The Labute approximate surface area is 120 Å². The lowest BCUT2D eigenvalue weighted by Gasteiger charge is -2.05. The fourth-order valence-corrected chi connectivity index (χ4v) is 1.77. The third-order valence-corrected chi connectivity index (χ3v) is 2.79. The topological polar surface area (TPSA) is 29.5 Å². The fourth-order valence-electron chi connectivity index (χ4n) is 1.77. The van der Waals surface area contributed by atoms with E-state index in [1.807, 2.05) is 60.7 Å². The highest BCUT2D eigenvalue weighted by atomic mass is 16.5. The Morgan fingerprint density at radius 2 is 1.50 bits per heavy atom. The van der Waals surface area contributed by atoms with Crippen LogP contribution in [0.1, 0.15) is 11.1 Å². The molecule has 0 bridgehead atoms. The summed E-state index contributed by atoms with van der Waals surface area (Å²) in [6, 6.07) is 19.9. The molecular formula is C18H18O2. The zero-order valence-corrected chi connectivity index (χ0v) is 11.3. The lowest BCUT2D eigenvalue weighted by Crippen LogP contribution is -2.12. The molecule has 0 fully saturated rings. The van der Waals surface area contributed by atoms with Crippen LogP contribution in [0.25, 0.3) is 0 Å². The van der Waals surface area contributed by atoms with Crippen molar-refractivity contribution in [3.8, 4) is 11.8 Å². The molecule has 20 heavy (non-hydrogen) atoms. The highest BCUT2D eigenvalue weighted by Crippen LogP contribution is 2.01. The van der Waals surface area contributed by atoms with E-state index >= 15 is 0 Å². The van der Waals surface area contributed by atoms with Gasteiger partial charge in [-0.25, -0.2) is 0 Å². The average Bonchev–Trinajstić information content (AvgIpc) is 2.49. The monoisotopic (exact) mass is 266 g/mol. The Morgan fingerprint density at radius 1 is 0.900 bits per heavy atom. The van der Waals surface area contributed by atoms with Crippen LogP contribution in [0.15, 0.2) is 60.7 Å². The van der Waals surface area contributed by atoms with E-state index in [1.165, 1.54) is 0 Å². The van der Waals surface area contributed by atoms with Crippen LogP contribution >= 0.6 is 0 Å². The van der Waals surface area contributed by atoms with E-state index in [0.717, 1.165) is 11.1 Å². The fraction of sp³-hybridized carbons (Fsp3) is 0.222. The van der Waals surface area contributed by atoms with Crippen LogP contribution in [-0.2, 0) is 17.8 Å². The predicted octanol–water partition coefficient (Wildman–Crippen LogP) is 2.81. The largest absolute Gasteiger partial charge is 0.378 e. The second-order valence-corrected chi connectivity index (χ2v) is 4.50. The van der Waals surface area contributed by atoms with E-state index in [2.05, 4.69) is 11.8 Å². The van der Waals surface area contributed by atoms with Gasteiger partial charge in [-0.15, -0.1) is 0 Å². The first-order valence-corrected chi connectivity index (χ1v) is 6.66. The number of aliphatic hydroxyl groups is 1. The van der Waals surface area contributed by atoms with Crippen LogP contribution < -0.4 is 0 Å². The maximum atomic E-state index is 9.71. The molecule has 0 radical (unpaired) electrons. The van der Waals surface area contributed by atoms with Crippen LogP contribution in [-0.4, -0.2) is 17.8 Å². The van der Waals surface area contributed by atoms with Gasteiger partial charge in [0.2, 0.25) is 0 Å². The van der Waals surface area contributed by atoms with Gasteiger partial charge >= 0.3 is 0 Å². The van der Waals surface area contributed by atoms with Gasteiger partial charge in [-0.1, -0.05) is 72.5 Å². The molecular weight excluding hydrogens is 248 g/mol. The van der Waals surface area contributed by atoms with E-state index in [0.29, 0.717) is 13.0 Å². The first-order chi connectivity index (χ1) is 9.84. The van der Waals surface area contributed by atoms with Crippen LogP contribution in [0, 0.1) is 11.8 Å². The van der Waals surface area contributed by atoms with Gasteiger partial charge in [-0.2, -0.15) is 0 Å². The Bertz CT molecular complexity index is 552. The van der Waals surface area contributed by atoms with Gasteiger partial charge in [0.1, 0.15) is 6.10 Å². The highest BCUT2D eigenvalue weighted by molar-refractivity contribution is 5.21. The Balaban J connectivity index is 1.69. The molecule has 0 spiro atoms. The van der Waals surface area contributed by atoms with Gasteiger partial charge in [0.05, 0.1) is 13.2 Å². The van der Waals surface area contributed by atoms with Crippen molar-refractivity contribution in [1.82, 2.24) is 0 Å². The molecule has 2 heteroatoms. The molecule has 0 unspecified atom stereocenters. The molecule has 0 heterocycles. The zero-order chi connectivity index (χ0) is 14.0. The quantitative estimate of drug-likeness (QED) is 0.843. The van der Waals surface area contributed by atoms with Crippen molar-refractivity contribution in [3.05, 3.63) is 71.8 Å². The van der Waals surface area contributed by atoms with E-state index in [9.17, 15) is 5.11 Å². The number of hydrogen-bond donors (Lipinski definition) is 1.